The highest BCUT2D eigenvalue weighted by molar-refractivity contribution is 5.46. The Morgan fingerprint density at radius 1 is 0.536 bits per heavy atom. The third-order valence-corrected chi connectivity index (χ3v) is 6.97. The number of benzene rings is 2. The second kappa shape index (κ2) is 8.19. The third kappa shape index (κ3) is 3.21. The summed E-state index contributed by atoms with van der Waals surface area (Å²) in [5.74, 6) is 1.90. The third-order valence-electron chi connectivity index (χ3n) is 6.97. The van der Waals surface area contributed by atoms with E-state index < -0.39 is 0 Å². The lowest BCUT2D eigenvalue weighted by atomic mass is 9.42. The zero-order chi connectivity index (χ0) is 21.3. The van der Waals surface area contributed by atoms with Gasteiger partial charge in [0, 0.05) is 10.8 Å². The summed E-state index contributed by atoms with van der Waals surface area (Å²) in [5.41, 5.74) is 1.87. The molecule has 0 aliphatic heterocycles. The fourth-order valence-electron chi connectivity index (χ4n) is 6.58. The molecule has 0 bridgehead atoms. The van der Waals surface area contributed by atoms with E-state index in [1.807, 2.05) is 24.3 Å². The Morgan fingerprint density at radius 2 is 0.821 bits per heavy atom. The van der Waals surface area contributed by atoms with Gasteiger partial charge in [-0.25, -0.2) is 0 Å². The molecular weight excluding hydrogens is 344 g/mol. The molecule has 0 unspecified atom stereocenters. The predicted octanol–water partition coefficient (Wildman–Crippen LogP) is 6.90. The van der Waals surface area contributed by atoms with Gasteiger partial charge in [-0.2, -0.15) is 0 Å². The summed E-state index contributed by atoms with van der Waals surface area (Å²) < 4.78 is 0. The molecule has 2 rings (SSSR count). The van der Waals surface area contributed by atoms with Crippen molar-refractivity contribution in [2.75, 3.05) is 0 Å². The first-order valence-corrected chi connectivity index (χ1v) is 10.6. The Labute approximate surface area is 171 Å². The molecule has 0 amide bonds. The fourth-order valence-corrected chi connectivity index (χ4v) is 6.58. The van der Waals surface area contributed by atoms with Crippen LogP contribution in [-0.4, -0.2) is 10.2 Å². The maximum absolute atomic E-state index is 10.4. The second-order valence-corrected chi connectivity index (χ2v) is 9.46. The monoisotopic (exact) mass is 382 g/mol. The van der Waals surface area contributed by atoms with Crippen molar-refractivity contribution in [1.29, 1.82) is 0 Å². The van der Waals surface area contributed by atoms with Crippen LogP contribution in [0.15, 0.2) is 48.5 Å². The van der Waals surface area contributed by atoms with E-state index in [1.165, 1.54) is 11.1 Å². The second-order valence-electron chi connectivity index (χ2n) is 9.46. The van der Waals surface area contributed by atoms with E-state index in [0.29, 0.717) is 35.2 Å². The van der Waals surface area contributed by atoms with E-state index in [1.54, 1.807) is 12.1 Å². The average Bonchev–Trinajstić information content (AvgIpc) is 2.57. The van der Waals surface area contributed by atoms with Crippen LogP contribution in [0.5, 0.6) is 11.5 Å². The van der Waals surface area contributed by atoms with Crippen molar-refractivity contribution >= 4 is 0 Å². The highest BCUT2D eigenvalue weighted by Gasteiger charge is 2.59. The molecule has 0 saturated carbocycles. The SMILES string of the molecule is CC(C)C(c1cccc(O)c1)(C(C)C)C(c1cccc(O)c1)(C(C)C)C(C)C. The van der Waals surface area contributed by atoms with Crippen molar-refractivity contribution in [3.63, 3.8) is 0 Å². The van der Waals surface area contributed by atoms with Gasteiger partial charge in [0.15, 0.2) is 0 Å². The van der Waals surface area contributed by atoms with Crippen LogP contribution >= 0.6 is 0 Å². The lowest BCUT2D eigenvalue weighted by Gasteiger charge is -2.61. The van der Waals surface area contributed by atoms with Gasteiger partial charge in [-0.1, -0.05) is 79.7 Å². The molecule has 0 radical (unpaired) electrons. The van der Waals surface area contributed by atoms with Crippen LogP contribution in [0.3, 0.4) is 0 Å². The number of phenols is 2. The van der Waals surface area contributed by atoms with Crippen LogP contribution in [0, 0.1) is 23.7 Å². The number of hydrogen-bond donors (Lipinski definition) is 2. The molecule has 154 valence electrons. The predicted molar refractivity (Wildman–Crippen MR) is 119 cm³/mol. The van der Waals surface area contributed by atoms with Crippen LogP contribution in [0.25, 0.3) is 0 Å². The number of rotatable bonds is 7. The van der Waals surface area contributed by atoms with Crippen LogP contribution in [-0.2, 0) is 10.8 Å². The summed E-state index contributed by atoms with van der Waals surface area (Å²) in [6.07, 6.45) is 0. The van der Waals surface area contributed by atoms with Crippen molar-refractivity contribution < 1.29 is 10.2 Å². The van der Waals surface area contributed by atoms with Crippen molar-refractivity contribution in [2.24, 2.45) is 23.7 Å². The molecule has 0 aliphatic rings. The van der Waals surface area contributed by atoms with Gasteiger partial charge in [-0.3, -0.25) is 0 Å². The molecule has 2 N–H and O–H groups in total. The maximum atomic E-state index is 10.4. The molecule has 28 heavy (non-hydrogen) atoms. The smallest absolute Gasteiger partial charge is 0.115 e. The number of phenolic OH excluding ortho intramolecular Hbond substituents is 2. The summed E-state index contributed by atoms with van der Waals surface area (Å²) in [6, 6.07) is 15.6. The minimum absolute atomic E-state index is 0.234. The van der Waals surface area contributed by atoms with E-state index in [-0.39, 0.29) is 10.8 Å². The zero-order valence-corrected chi connectivity index (χ0v) is 18.8. The van der Waals surface area contributed by atoms with Gasteiger partial charge in [-0.15, -0.1) is 0 Å². The van der Waals surface area contributed by atoms with Gasteiger partial charge in [0.05, 0.1) is 0 Å². The van der Waals surface area contributed by atoms with Gasteiger partial charge >= 0.3 is 0 Å². The molecule has 2 aromatic rings. The lowest BCUT2D eigenvalue weighted by Crippen LogP contribution is -2.61. The van der Waals surface area contributed by atoms with Crippen molar-refractivity contribution in [3.8, 4) is 11.5 Å². The van der Waals surface area contributed by atoms with Crippen LogP contribution in [0.1, 0.15) is 66.5 Å². The molecule has 0 spiro atoms. The molecule has 0 atom stereocenters. The topological polar surface area (TPSA) is 40.5 Å². The van der Waals surface area contributed by atoms with Gasteiger partial charge in [0.25, 0.3) is 0 Å². The highest BCUT2D eigenvalue weighted by atomic mass is 16.3. The van der Waals surface area contributed by atoms with Gasteiger partial charge in [0.2, 0.25) is 0 Å². The fraction of sp³-hybridized carbons (Fsp3) is 0.538. The summed E-state index contributed by atoms with van der Waals surface area (Å²) in [5, 5.41) is 20.7. The first kappa shape index (κ1) is 22.3. The summed E-state index contributed by atoms with van der Waals surface area (Å²) in [6.45, 7) is 18.4. The molecule has 0 saturated heterocycles. The molecule has 0 aromatic heterocycles. The van der Waals surface area contributed by atoms with Gasteiger partial charge in [0.1, 0.15) is 11.5 Å². The minimum Gasteiger partial charge on any atom is -0.508 e. The van der Waals surface area contributed by atoms with Crippen molar-refractivity contribution in [2.45, 2.75) is 66.2 Å². The Morgan fingerprint density at radius 3 is 1.04 bits per heavy atom. The molecular formula is C26H38O2. The van der Waals surface area contributed by atoms with E-state index in [0.717, 1.165) is 0 Å². The van der Waals surface area contributed by atoms with Crippen molar-refractivity contribution in [3.05, 3.63) is 59.7 Å². The number of aromatic hydroxyl groups is 2. The van der Waals surface area contributed by atoms with Gasteiger partial charge < -0.3 is 10.2 Å². The normalized spacial score (nSPS) is 13.1. The Kier molecular flexibility index (Phi) is 6.53. The molecule has 0 heterocycles. The first-order valence-electron chi connectivity index (χ1n) is 10.6. The van der Waals surface area contributed by atoms with Crippen LogP contribution < -0.4 is 0 Å². The van der Waals surface area contributed by atoms with E-state index in [2.05, 4.69) is 67.5 Å². The lowest BCUT2D eigenvalue weighted by molar-refractivity contribution is 0.0143. The Bertz CT molecular complexity index is 703. The molecule has 0 fully saturated rings. The van der Waals surface area contributed by atoms with E-state index in [4.69, 9.17) is 0 Å². The Hall–Kier alpha value is -1.96. The van der Waals surface area contributed by atoms with Crippen LogP contribution in [0.2, 0.25) is 0 Å². The number of hydrogen-bond acceptors (Lipinski definition) is 2. The summed E-state index contributed by atoms with van der Waals surface area (Å²) in [4.78, 5) is 0. The van der Waals surface area contributed by atoms with E-state index in [9.17, 15) is 10.2 Å². The van der Waals surface area contributed by atoms with Gasteiger partial charge in [-0.05, 0) is 59.1 Å². The standard InChI is InChI=1S/C26H38O2/c1-17(2)25(18(3)4,21-11-9-13-23(27)15-21)26(19(5)6,20(7)8)22-12-10-14-24(28)16-22/h9-20,27-28H,1-8H3. The summed E-state index contributed by atoms with van der Waals surface area (Å²) >= 11 is 0. The van der Waals surface area contributed by atoms with Crippen LogP contribution in [0.4, 0.5) is 0 Å². The highest BCUT2D eigenvalue weighted by Crippen LogP contribution is 2.61. The minimum atomic E-state index is -0.234. The first-order chi connectivity index (χ1) is 13.0. The van der Waals surface area contributed by atoms with E-state index >= 15 is 0 Å². The largest absolute Gasteiger partial charge is 0.508 e. The maximum Gasteiger partial charge on any atom is 0.115 e. The molecule has 0 aliphatic carbocycles. The van der Waals surface area contributed by atoms with Crippen molar-refractivity contribution in [1.82, 2.24) is 0 Å². The Balaban J connectivity index is 3.07. The molecule has 2 aromatic carbocycles. The molecule has 2 heteroatoms. The quantitative estimate of drug-likeness (QED) is 0.547. The summed E-state index contributed by atoms with van der Waals surface area (Å²) in [7, 11) is 0. The molecule has 2 nitrogen and oxygen atoms in total. The zero-order valence-electron chi connectivity index (χ0n) is 18.8. The average molecular weight is 383 g/mol.